The van der Waals surface area contributed by atoms with Gasteiger partial charge in [0.15, 0.2) is 17.0 Å². The van der Waals surface area contributed by atoms with E-state index in [0.29, 0.717) is 31.1 Å². The summed E-state index contributed by atoms with van der Waals surface area (Å²) in [7, 11) is 0. The molecule has 6 nitrogen and oxygen atoms in total. The standard InChI is InChI=1S/C24H22F3N5OS/c1-16-5-2-3-6-17(16)15-30-8-10-31(11-9-30)23(33)19-14-22-28-18(20-7-4-12-34-20)13-21(24(25,26)27)32(22)29-19/h2-7,12-14H,8-11,15H2,1H3. The van der Waals surface area contributed by atoms with Crippen molar-refractivity contribution in [1.29, 1.82) is 0 Å². The van der Waals surface area contributed by atoms with Crippen LogP contribution in [0.15, 0.2) is 53.9 Å². The summed E-state index contributed by atoms with van der Waals surface area (Å²) in [6.45, 7) is 5.21. The molecule has 0 radical (unpaired) electrons. The molecule has 3 aromatic heterocycles. The van der Waals surface area contributed by atoms with Gasteiger partial charge < -0.3 is 4.90 Å². The molecule has 0 aliphatic carbocycles. The number of hydrogen-bond acceptors (Lipinski definition) is 5. The van der Waals surface area contributed by atoms with Gasteiger partial charge in [0, 0.05) is 38.8 Å². The first-order chi connectivity index (χ1) is 16.3. The van der Waals surface area contributed by atoms with Crippen molar-refractivity contribution in [1.82, 2.24) is 24.4 Å². The largest absolute Gasteiger partial charge is 0.433 e. The number of aromatic nitrogens is 3. The summed E-state index contributed by atoms with van der Waals surface area (Å²) in [6, 6.07) is 14.0. The maximum Gasteiger partial charge on any atom is 0.433 e. The van der Waals surface area contributed by atoms with Gasteiger partial charge in [-0.2, -0.15) is 18.3 Å². The van der Waals surface area contributed by atoms with E-state index in [4.69, 9.17) is 0 Å². The Labute approximate surface area is 198 Å². The number of nitrogens with zero attached hydrogens (tertiary/aromatic N) is 5. The van der Waals surface area contributed by atoms with Gasteiger partial charge in [0.1, 0.15) is 0 Å². The van der Waals surface area contributed by atoms with Crippen molar-refractivity contribution < 1.29 is 18.0 Å². The lowest BCUT2D eigenvalue weighted by molar-refractivity contribution is -0.142. The van der Waals surface area contributed by atoms with Crippen molar-refractivity contribution >= 4 is 22.9 Å². The molecule has 4 heterocycles. The smallest absolute Gasteiger partial charge is 0.335 e. The normalized spacial score (nSPS) is 15.2. The Morgan fingerprint density at radius 1 is 1.06 bits per heavy atom. The second-order valence-electron chi connectivity index (χ2n) is 8.30. The van der Waals surface area contributed by atoms with E-state index in [1.807, 2.05) is 12.1 Å². The zero-order valence-electron chi connectivity index (χ0n) is 18.4. The Balaban J connectivity index is 1.36. The number of fused-ring (bicyclic) bond motifs is 1. The Morgan fingerprint density at radius 2 is 1.82 bits per heavy atom. The number of benzene rings is 1. The van der Waals surface area contributed by atoms with Gasteiger partial charge in [-0.1, -0.05) is 30.3 Å². The summed E-state index contributed by atoms with van der Waals surface area (Å²) in [5.74, 6) is -0.383. The minimum absolute atomic E-state index is 0.000219. The van der Waals surface area contributed by atoms with E-state index in [2.05, 4.69) is 34.0 Å². The quantitative estimate of drug-likeness (QED) is 0.419. The highest BCUT2D eigenvalue weighted by atomic mass is 32.1. The summed E-state index contributed by atoms with van der Waals surface area (Å²) < 4.78 is 42.0. The van der Waals surface area contributed by atoms with Crippen LogP contribution in [0.5, 0.6) is 0 Å². The van der Waals surface area contributed by atoms with Gasteiger partial charge in [-0.15, -0.1) is 11.3 Å². The fourth-order valence-corrected chi connectivity index (χ4v) is 4.82. The number of hydrogen-bond donors (Lipinski definition) is 0. The summed E-state index contributed by atoms with van der Waals surface area (Å²) in [5.41, 5.74) is 1.69. The number of piperazine rings is 1. The van der Waals surface area contributed by atoms with Crippen LogP contribution in [-0.2, 0) is 12.7 Å². The Kier molecular flexibility index (Phi) is 5.86. The molecule has 0 atom stereocenters. The summed E-state index contributed by atoms with van der Waals surface area (Å²) in [6.07, 6.45) is -4.64. The van der Waals surface area contributed by atoms with Gasteiger partial charge in [-0.25, -0.2) is 9.50 Å². The van der Waals surface area contributed by atoms with E-state index in [1.54, 1.807) is 22.4 Å². The van der Waals surface area contributed by atoms with Crippen molar-refractivity contribution in [3.63, 3.8) is 0 Å². The molecule has 0 unspecified atom stereocenters. The van der Waals surface area contributed by atoms with Crippen LogP contribution in [0.1, 0.15) is 27.3 Å². The lowest BCUT2D eigenvalue weighted by Gasteiger charge is -2.34. The molecule has 0 saturated carbocycles. The second kappa shape index (κ2) is 8.84. The maximum atomic E-state index is 13.8. The van der Waals surface area contributed by atoms with Crippen molar-refractivity contribution in [3.05, 3.63) is 76.4 Å². The lowest BCUT2D eigenvalue weighted by Crippen LogP contribution is -2.48. The summed E-state index contributed by atoms with van der Waals surface area (Å²) in [5, 5.41) is 5.78. The molecule has 1 fully saturated rings. The topological polar surface area (TPSA) is 53.7 Å². The third-order valence-corrected chi connectivity index (χ3v) is 6.92. The minimum atomic E-state index is -4.64. The number of thiophene rings is 1. The zero-order valence-corrected chi connectivity index (χ0v) is 19.2. The molecule has 5 rings (SSSR count). The highest BCUT2D eigenvalue weighted by Gasteiger charge is 2.36. The number of halogens is 3. The molecular formula is C24H22F3N5OS. The van der Waals surface area contributed by atoms with Gasteiger partial charge in [0.25, 0.3) is 5.91 Å². The van der Waals surface area contributed by atoms with Crippen LogP contribution in [0.3, 0.4) is 0 Å². The van der Waals surface area contributed by atoms with Gasteiger partial charge in [0.2, 0.25) is 0 Å². The van der Waals surface area contributed by atoms with Gasteiger partial charge >= 0.3 is 6.18 Å². The molecule has 34 heavy (non-hydrogen) atoms. The minimum Gasteiger partial charge on any atom is -0.335 e. The predicted molar refractivity (Wildman–Crippen MR) is 124 cm³/mol. The SMILES string of the molecule is Cc1ccccc1CN1CCN(C(=O)c2cc3nc(-c4cccs4)cc(C(F)(F)F)n3n2)CC1. The average Bonchev–Trinajstić information content (AvgIpc) is 3.49. The van der Waals surface area contributed by atoms with Crippen molar-refractivity contribution in [2.45, 2.75) is 19.6 Å². The maximum absolute atomic E-state index is 13.8. The van der Waals surface area contributed by atoms with Crippen LogP contribution in [-0.4, -0.2) is 56.5 Å². The van der Waals surface area contributed by atoms with Crippen LogP contribution in [0.25, 0.3) is 16.2 Å². The molecule has 176 valence electrons. The van der Waals surface area contributed by atoms with Gasteiger partial charge in [-0.05, 0) is 35.6 Å². The predicted octanol–water partition coefficient (Wildman–Crippen LogP) is 4.74. The van der Waals surface area contributed by atoms with E-state index in [9.17, 15) is 18.0 Å². The fraction of sp³-hybridized carbons (Fsp3) is 0.292. The molecule has 4 aromatic rings. The highest BCUT2D eigenvalue weighted by molar-refractivity contribution is 7.13. The Morgan fingerprint density at radius 3 is 2.50 bits per heavy atom. The molecule has 0 spiro atoms. The molecule has 1 aromatic carbocycles. The Bertz CT molecular complexity index is 1320. The number of carbonyl (C=O) groups is 1. The first kappa shape index (κ1) is 22.5. The van der Waals surface area contributed by atoms with Crippen LogP contribution in [0, 0.1) is 6.92 Å². The van der Waals surface area contributed by atoms with Crippen molar-refractivity contribution in [2.24, 2.45) is 0 Å². The monoisotopic (exact) mass is 485 g/mol. The molecule has 1 saturated heterocycles. The molecule has 0 N–H and O–H groups in total. The molecule has 1 amide bonds. The van der Waals surface area contributed by atoms with Crippen LogP contribution >= 0.6 is 11.3 Å². The second-order valence-corrected chi connectivity index (χ2v) is 9.24. The summed E-state index contributed by atoms with van der Waals surface area (Å²) >= 11 is 1.30. The van der Waals surface area contributed by atoms with Crippen molar-refractivity contribution in [2.75, 3.05) is 26.2 Å². The van der Waals surface area contributed by atoms with E-state index in [-0.39, 0.29) is 22.9 Å². The number of alkyl halides is 3. The summed E-state index contributed by atoms with van der Waals surface area (Å²) in [4.78, 5) is 22.0. The van der Waals surface area contributed by atoms with Gasteiger partial charge in [0.05, 0.1) is 10.6 Å². The Hall–Kier alpha value is -3.24. The number of carbonyl (C=O) groups excluding carboxylic acids is 1. The van der Waals surface area contributed by atoms with E-state index in [1.165, 1.54) is 28.5 Å². The third-order valence-electron chi connectivity index (χ3n) is 6.03. The van der Waals surface area contributed by atoms with Crippen LogP contribution in [0.4, 0.5) is 13.2 Å². The van der Waals surface area contributed by atoms with Crippen LogP contribution < -0.4 is 0 Å². The molecule has 1 aliphatic heterocycles. The van der Waals surface area contributed by atoms with E-state index >= 15 is 0 Å². The lowest BCUT2D eigenvalue weighted by atomic mass is 10.1. The fourth-order valence-electron chi connectivity index (χ4n) is 4.13. The average molecular weight is 486 g/mol. The highest BCUT2D eigenvalue weighted by Crippen LogP contribution is 2.33. The van der Waals surface area contributed by atoms with Crippen LogP contribution in [0.2, 0.25) is 0 Å². The molecule has 1 aliphatic rings. The molecule has 10 heteroatoms. The first-order valence-electron chi connectivity index (χ1n) is 10.9. The first-order valence-corrected chi connectivity index (χ1v) is 11.8. The number of amides is 1. The third kappa shape index (κ3) is 4.43. The zero-order chi connectivity index (χ0) is 23.9. The van der Waals surface area contributed by atoms with E-state index < -0.39 is 11.9 Å². The van der Waals surface area contributed by atoms with E-state index in [0.717, 1.165) is 17.1 Å². The number of aryl methyl sites for hydroxylation is 1. The molecular weight excluding hydrogens is 463 g/mol. The van der Waals surface area contributed by atoms with Crippen molar-refractivity contribution in [3.8, 4) is 10.6 Å². The number of rotatable bonds is 4. The van der Waals surface area contributed by atoms with Gasteiger partial charge in [-0.3, -0.25) is 9.69 Å². The molecule has 0 bridgehead atoms.